The molecule has 110 valence electrons. The molecule has 0 spiro atoms. The van der Waals surface area contributed by atoms with Crippen molar-refractivity contribution in [3.63, 3.8) is 0 Å². The van der Waals surface area contributed by atoms with Gasteiger partial charge >= 0.3 is 0 Å². The first-order chi connectivity index (χ1) is 10.1. The molecule has 1 aromatic carbocycles. The first-order valence-corrected chi connectivity index (χ1v) is 8.37. The molecule has 0 saturated carbocycles. The van der Waals surface area contributed by atoms with Crippen LogP contribution in [0.15, 0.2) is 24.4 Å². The lowest BCUT2D eigenvalue weighted by Gasteiger charge is -2.06. The van der Waals surface area contributed by atoms with Crippen molar-refractivity contribution in [3.8, 4) is 11.3 Å². The maximum Gasteiger partial charge on any atom is 0.212 e. The van der Waals surface area contributed by atoms with E-state index in [9.17, 15) is 0 Å². The van der Waals surface area contributed by atoms with Crippen molar-refractivity contribution >= 4 is 16.3 Å². The van der Waals surface area contributed by atoms with E-state index in [1.807, 2.05) is 10.7 Å². The number of nitrogens with zero attached hydrogens (tertiary/aromatic N) is 3. The molecular weight excluding hydrogens is 278 g/mol. The average Bonchev–Trinajstić information content (AvgIpc) is 3.02. The second-order valence-corrected chi connectivity index (χ2v) is 6.59. The molecule has 0 aliphatic rings. The fourth-order valence-corrected chi connectivity index (χ4v) is 3.71. The highest BCUT2D eigenvalue weighted by Crippen LogP contribution is 2.29. The van der Waals surface area contributed by atoms with Crippen molar-refractivity contribution in [2.75, 3.05) is 0 Å². The van der Waals surface area contributed by atoms with Crippen LogP contribution in [0.25, 0.3) is 16.2 Å². The summed E-state index contributed by atoms with van der Waals surface area (Å²) in [6.45, 7) is 8.71. The highest BCUT2D eigenvalue weighted by atomic mass is 32.1. The van der Waals surface area contributed by atoms with Gasteiger partial charge < -0.3 is 0 Å². The highest BCUT2D eigenvalue weighted by molar-refractivity contribution is 7.16. The van der Waals surface area contributed by atoms with Crippen LogP contribution < -0.4 is 0 Å². The van der Waals surface area contributed by atoms with Crippen LogP contribution in [0.3, 0.4) is 0 Å². The maximum absolute atomic E-state index is 4.74. The molecule has 0 unspecified atom stereocenters. The Hall–Kier alpha value is -1.68. The number of fused-ring (bicyclic) bond motifs is 1. The van der Waals surface area contributed by atoms with Gasteiger partial charge in [-0.1, -0.05) is 37.3 Å². The highest BCUT2D eigenvalue weighted by Gasteiger charge is 2.15. The third-order valence-corrected chi connectivity index (χ3v) is 5.28. The Morgan fingerprint density at radius 1 is 1.14 bits per heavy atom. The van der Waals surface area contributed by atoms with Crippen molar-refractivity contribution < 1.29 is 0 Å². The summed E-state index contributed by atoms with van der Waals surface area (Å²) in [5.74, 6) is 0.557. The number of rotatable bonds is 4. The molecule has 0 saturated heterocycles. The summed E-state index contributed by atoms with van der Waals surface area (Å²) in [6.07, 6.45) is 4.32. The van der Waals surface area contributed by atoms with E-state index < -0.39 is 0 Å². The molecule has 0 aliphatic heterocycles. The summed E-state index contributed by atoms with van der Waals surface area (Å²) in [4.78, 5) is 5.74. The van der Waals surface area contributed by atoms with Crippen molar-refractivity contribution in [3.05, 3.63) is 40.5 Å². The molecule has 0 amide bonds. The minimum Gasteiger partial charge on any atom is -0.217 e. The van der Waals surface area contributed by atoms with Gasteiger partial charge in [0, 0.05) is 11.5 Å². The number of hydrogen-bond donors (Lipinski definition) is 0. The second kappa shape index (κ2) is 5.60. The molecule has 3 rings (SSSR count). The lowest BCUT2D eigenvalue weighted by molar-refractivity contribution is 0.626. The topological polar surface area (TPSA) is 30.2 Å². The molecule has 0 radical (unpaired) electrons. The van der Waals surface area contributed by atoms with Gasteiger partial charge in [-0.2, -0.15) is 5.10 Å². The summed E-state index contributed by atoms with van der Waals surface area (Å²) < 4.78 is 1.93. The van der Waals surface area contributed by atoms with E-state index in [4.69, 9.17) is 10.1 Å². The van der Waals surface area contributed by atoms with Crippen LogP contribution in [0.1, 0.15) is 48.7 Å². The molecule has 3 aromatic rings. The van der Waals surface area contributed by atoms with Gasteiger partial charge in [-0.3, -0.25) is 0 Å². The molecule has 3 nitrogen and oxygen atoms in total. The van der Waals surface area contributed by atoms with Crippen LogP contribution in [-0.2, 0) is 0 Å². The fraction of sp³-hybridized carbons (Fsp3) is 0.412. The van der Waals surface area contributed by atoms with E-state index in [0.29, 0.717) is 5.92 Å². The zero-order valence-electron chi connectivity index (χ0n) is 13.1. The smallest absolute Gasteiger partial charge is 0.212 e. The van der Waals surface area contributed by atoms with E-state index in [2.05, 4.69) is 45.9 Å². The predicted octanol–water partition coefficient (Wildman–Crippen LogP) is 4.98. The Morgan fingerprint density at radius 2 is 1.90 bits per heavy atom. The van der Waals surface area contributed by atoms with Gasteiger partial charge in [-0.05, 0) is 43.9 Å². The minimum atomic E-state index is 0.557. The van der Waals surface area contributed by atoms with Crippen molar-refractivity contribution in [1.82, 2.24) is 14.6 Å². The molecule has 0 bridgehead atoms. The first-order valence-electron chi connectivity index (χ1n) is 7.56. The SMILES string of the molecule is CCC(CC)c1nn2cc(-c3ccc(C)c(C)c3)nc2s1. The van der Waals surface area contributed by atoms with Crippen LogP contribution in [0.5, 0.6) is 0 Å². The number of aryl methyl sites for hydroxylation is 2. The third kappa shape index (κ3) is 2.60. The van der Waals surface area contributed by atoms with Crippen molar-refractivity contribution in [2.45, 2.75) is 46.5 Å². The normalized spacial score (nSPS) is 11.7. The zero-order valence-corrected chi connectivity index (χ0v) is 13.9. The lowest BCUT2D eigenvalue weighted by Crippen LogP contribution is -1.95. The van der Waals surface area contributed by atoms with Gasteiger partial charge in [0.25, 0.3) is 0 Å². The summed E-state index contributed by atoms with van der Waals surface area (Å²) in [5.41, 5.74) is 4.79. The summed E-state index contributed by atoms with van der Waals surface area (Å²) in [7, 11) is 0. The number of aromatic nitrogens is 3. The van der Waals surface area contributed by atoms with Crippen LogP contribution in [0.4, 0.5) is 0 Å². The van der Waals surface area contributed by atoms with E-state index in [1.165, 1.54) is 21.7 Å². The Morgan fingerprint density at radius 3 is 2.52 bits per heavy atom. The lowest BCUT2D eigenvalue weighted by atomic mass is 10.0. The Labute approximate surface area is 129 Å². The van der Waals surface area contributed by atoms with Gasteiger partial charge in [0.1, 0.15) is 5.01 Å². The molecule has 0 fully saturated rings. The maximum atomic E-state index is 4.74. The summed E-state index contributed by atoms with van der Waals surface area (Å²) in [6, 6.07) is 6.49. The average molecular weight is 299 g/mol. The van der Waals surface area contributed by atoms with E-state index in [0.717, 1.165) is 23.5 Å². The fourth-order valence-electron chi connectivity index (χ4n) is 2.56. The minimum absolute atomic E-state index is 0.557. The standard InChI is InChI=1S/C17H21N3S/c1-5-13(6-2)16-19-20-10-15(18-17(20)21-16)14-8-7-11(3)12(4)9-14/h7-10,13H,5-6H2,1-4H3. The van der Waals surface area contributed by atoms with Gasteiger partial charge in [0.05, 0.1) is 11.9 Å². The van der Waals surface area contributed by atoms with E-state index in [1.54, 1.807) is 11.3 Å². The third-order valence-electron chi connectivity index (χ3n) is 4.20. The number of imidazole rings is 1. The quantitative estimate of drug-likeness (QED) is 0.680. The van der Waals surface area contributed by atoms with Gasteiger partial charge in [0.2, 0.25) is 4.96 Å². The van der Waals surface area contributed by atoms with Crippen LogP contribution in [0.2, 0.25) is 0 Å². The molecule has 4 heteroatoms. The molecule has 21 heavy (non-hydrogen) atoms. The monoisotopic (exact) mass is 299 g/mol. The molecule has 0 N–H and O–H groups in total. The van der Waals surface area contributed by atoms with E-state index >= 15 is 0 Å². The second-order valence-electron chi connectivity index (χ2n) is 5.61. The number of hydrogen-bond acceptors (Lipinski definition) is 3. The summed E-state index contributed by atoms with van der Waals surface area (Å²) >= 11 is 1.72. The van der Waals surface area contributed by atoms with Gasteiger partial charge in [0.15, 0.2) is 0 Å². The van der Waals surface area contributed by atoms with Gasteiger partial charge in [-0.25, -0.2) is 9.50 Å². The molecule has 0 aliphatic carbocycles. The number of benzene rings is 1. The van der Waals surface area contributed by atoms with Crippen LogP contribution in [0, 0.1) is 13.8 Å². The van der Waals surface area contributed by atoms with Gasteiger partial charge in [-0.15, -0.1) is 0 Å². The largest absolute Gasteiger partial charge is 0.217 e. The molecule has 2 heterocycles. The van der Waals surface area contributed by atoms with E-state index in [-0.39, 0.29) is 0 Å². The first kappa shape index (κ1) is 14.3. The van der Waals surface area contributed by atoms with Crippen molar-refractivity contribution in [1.29, 1.82) is 0 Å². The van der Waals surface area contributed by atoms with Crippen LogP contribution in [-0.4, -0.2) is 14.6 Å². The van der Waals surface area contributed by atoms with Crippen molar-refractivity contribution in [2.24, 2.45) is 0 Å². The zero-order chi connectivity index (χ0) is 15.0. The van der Waals surface area contributed by atoms with Crippen LogP contribution >= 0.6 is 11.3 Å². The molecular formula is C17H21N3S. The molecule has 0 atom stereocenters. The predicted molar refractivity (Wildman–Crippen MR) is 89.1 cm³/mol. The summed E-state index contributed by atoms with van der Waals surface area (Å²) in [5, 5.41) is 5.92. The Bertz CT molecular complexity index is 734. The molecule has 2 aromatic heterocycles. The Kier molecular flexibility index (Phi) is 3.81. The Balaban J connectivity index is 1.98.